The molecule has 0 spiro atoms. The first-order valence-electron chi connectivity index (χ1n) is 8.93. The highest BCUT2D eigenvalue weighted by atomic mass is 15.1. The summed E-state index contributed by atoms with van der Waals surface area (Å²) in [5.41, 5.74) is 9.63. The van der Waals surface area contributed by atoms with Crippen LogP contribution in [0.3, 0.4) is 0 Å². The molecular weight excluding hydrogens is 292 g/mol. The van der Waals surface area contributed by atoms with Crippen molar-refractivity contribution in [1.29, 1.82) is 0 Å². The van der Waals surface area contributed by atoms with Crippen molar-refractivity contribution < 1.29 is 0 Å². The second kappa shape index (κ2) is 6.06. The van der Waals surface area contributed by atoms with E-state index in [1.54, 1.807) is 0 Å². The van der Waals surface area contributed by atoms with E-state index in [1.807, 2.05) is 0 Å². The standard InChI is InChI=1S/C22H34N2/c1-14-16(3)20(24(9)10)17(4)15(2)19(14)12-11-18-13-21(5,6)22(7,8)23-18/h11-12H,13H2,1-10H3. The molecule has 1 aromatic rings. The van der Waals surface area contributed by atoms with Gasteiger partial charge in [0.25, 0.3) is 0 Å². The molecule has 0 unspecified atom stereocenters. The molecule has 0 aromatic heterocycles. The first-order valence-corrected chi connectivity index (χ1v) is 8.93. The van der Waals surface area contributed by atoms with Gasteiger partial charge in [-0.15, -0.1) is 0 Å². The molecule has 0 N–H and O–H groups in total. The van der Waals surface area contributed by atoms with Gasteiger partial charge in [0.05, 0.1) is 5.54 Å². The van der Waals surface area contributed by atoms with Crippen LogP contribution in [-0.2, 0) is 0 Å². The highest BCUT2D eigenvalue weighted by Gasteiger charge is 2.42. The number of benzene rings is 1. The van der Waals surface area contributed by atoms with Crippen molar-refractivity contribution in [2.24, 2.45) is 10.4 Å². The summed E-state index contributed by atoms with van der Waals surface area (Å²) in [5, 5.41) is 0. The van der Waals surface area contributed by atoms with Crippen molar-refractivity contribution in [2.75, 3.05) is 19.0 Å². The lowest BCUT2D eigenvalue weighted by Crippen LogP contribution is -2.32. The lowest BCUT2D eigenvalue weighted by molar-refractivity contribution is 0.238. The Hall–Kier alpha value is -1.57. The SMILES string of the molecule is Cc1c(C)c(N(C)C)c(C)c(C)c1C=CC1=NC(C)(C)C(C)(C)C1. The third-order valence-electron chi connectivity index (χ3n) is 6.24. The zero-order valence-electron chi connectivity index (χ0n) is 17.3. The Morgan fingerprint density at radius 1 is 0.833 bits per heavy atom. The van der Waals surface area contributed by atoms with Crippen LogP contribution in [-0.4, -0.2) is 25.3 Å². The fourth-order valence-electron chi connectivity index (χ4n) is 3.74. The molecule has 1 heterocycles. The highest BCUT2D eigenvalue weighted by molar-refractivity contribution is 6.00. The summed E-state index contributed by atoms with van der Waals surface area (Å²) < 4.78 is 0. The number of hydrogen-bond donors (Lipinski definition) is 0. The summed E-state index contributed by atoms with van der Waals surface area (Å²) >= 11 is 0. The van der Waals surface area contributed by atoms with E-state index in [1.165, 1.54) is 39.2 Å². The van der Waals surface area contributed by atoms with Crippen LogP contribution in [0.5, 0.6) is 0 Å². The van der Waals surface area contributed by atoms with Crippen LogP contribution in [0.15, 0.2) is 11.1 Å². The zero-order chi connectivity index (χ0) is 18.4. The molecule has 2 heteroatoms. The molecule has 1 aliphatic heterocycles. The van der Waals surface area contributed by atoms with Crippen LogP contribution in [0.1, 0.15) is 61.9 Å². The topological polar surface area (TPSA) is 15.6 Å². The van der Waals surface area contributed by atoms with Gasteiger partial charge in [0.1, 0.15) is 0 Å². The van der Waals surface area contributed by atoms with Crippen LogP contribution < -0.4 is 4.90 Å². The quantitative estimate of drug-likeness (QED) is 0.701. The van der Waals surface area contributed by atoms with Crippen LogP contribution in [0.2, 0.25) is 0 Å². The molecular formula is C22H34N2. The number of allylic oxidation sites excluding steroid dienone is 1. The molecule has 0 radical (unpaired) electrons. The van der Waals surface area contributed by atoms with Gasteiger partial charge in [0.15, 0.2) is 0 Å². The van der Waals surface area contributed by atoms with Crippen molar-refractivity contribution in [3.05, 3.63) is 33.9 Å². The van der Waals surface area contributed by atoms with E-state index < -0.39 is 0 Å². The zero-order valence-corrected chi connectivity index (χ0v) is 17.3. The molecule has 0 bridgehead atoms. The summed E-state index contributed by atoms with van der Waals surface area (Å²) in [6.07, 6.45) is 5.56. The Balaban J connectivity index is 2.46. The Morgan fingerprint density at radius 2 is 1.33 bits per heavy atom. The average molecular weight is 327 g/mol. The third kappa shape index (κ3) is 3.03. The van der Waals surface area contributed by atoms with E-state index in [0.29, 0.717) is 0 Å². The van der Waals surface area contributed by atoms with Crippen molar-refractivity contribution in [3.8, 4) is 0 Å². The van der Waals surface area contributed by atoms with Crippen LogP contribution in [0.4, 0.5) is 5.69 Å². The van der Waals surface area contributed by atoms with E-state index in [9.17, 15) is 0 Å². The van der Waals surface area contributed by atoms with Crippen LogP contribution >= 0.6 is 0 Å². The molecule has 0 aliphatic carbocycles. The molecule has 0 saturated carbocycles. The number of nitrogens with zero attached hydrogens (tertiary/aromatic N) is 2. The molecule has 1 aliphatic rings. The molecule has 0 fully saturated rings. The van der Waals surface area contributed by atoms with Gasteiger partial charge in [-0.1, -0.05) is 19.9 Å². The molecule has 2 rings (SSSR count). The summed E-state index contributed by atoms with van der Waals surface area (Å²) in [6, 6.07) is 0. The van der Waals surface area contributed by atoms with Gasteiger partial charge in [-0.3, -0.25) is 4.99 Å². The van der Waals surface area contributed by atoms with E-state index >= 15 is 0 Å². The van der Waals surface area contributed by atoms with Gasteiger partial charge in [0, 0.05) is 25.5 Å². The van der Waals surface area contributed by atoms with Gasteiger partial charge < -0.3 is 4.90 Å². The summed E-state index contributed by atoms with van der Waals surface area (Å²) in [4.78, 5) is 7.19. The molecule has 0 saturated heterocycles. The number of anilines is 1. The average Bonchev–Trinajstić information content (AvgIpc) is 2.64. The van der Waals surface area contributed by atoms with Gasteiger partial charge in [-0.25, -0.2) is 0 Å². The predicted octanol–water partition coefficient (Wildman–Crippen LogP) is 5.65. The molecule has 24 heavy (non-hydrogen) atoms. The Bertz CT molecular complexity index is 687. The first-order chi connectivity index (χ1) is 10.9. The Morgan fingerprint density at radius 3 is 1.71 bits per heavy atom. The summed E-state index contributed by atoms with van der Waals surface area (Å²) in [5.74, 6) is 0. The van der Waals surface area contributed by atoms with Gasteiger partial charge in [-0.2, -0.15) is 0 Å². The maximum atomic E-state index is 4.96. The van der Waals surface area contributed by atoms with Crippen LogP contribution in [0, 0.1) is 33.1 Å². The van der Waals surface area contributed by atoms with Crippen molar-refractivity contribution in [3.63, 3.8) is 0 Å². The van der Waals surface area contributed by atoms with Gasteiger partial charge in [-0.05, 0) is 87.3 Å². The summed E-state index contributed by atoms with van der Waals surface area (Å²) in [6.45, 7) is 18.0. The first kappa shape index (κ1) is 18.8. The minimum absolute atomic E-state index is 0.0113. The fourth-order valence-corrected chi connectivity index (χ4v) is 3.74. The fraction of sp³-hybridized carbons (Fsp3) is 0.591. The normalized spacial score (nSPS) is 19.0. The molecule has 0 atom stereocenters. The molecule has 0 amide bonds. The Kier molecular flexibility index (Phi) is 4.74. The maximum absolute atomic E-state index is 4.96. The smallest absolute Gasteiger partial charge is 0.0609 e. The van der Waals surface area contributed by atoms with E-state index in [0.717, 1.165) is 6.42 Å². The lowest BCUT2D eigenvalue weighted by Gasteiger charge is -2.32. The van der Waals surface area contributed by atoms with E-state index in [-0.39, 0.29) is 11.0 Å². The minimum Gasteiger partial charge on any atom is -0.377 e. The van der Waals surface area contributed by atoms with Crippen molar-refractivity contribution in [2.45, 2.75) is 67.3 Å². The molecule has 132 valence electrons. The van der Waals surface area contributed by atoms with Gasteiger partial charge in [0.2, 0.25) is 0 Å². The Labute approximate surface area is 148 Å². The number of aliphatic imine (C=N–C) groups is 1. The minimum atomic E-state index is 0.0113. The largest absolute Gasteiger partial charge is 0.377 e. The number of rotatable bonds is 3. The van der Waals surface area contributed by atoms with Crippen molar-refractivity contribution >= 4 is 17.5 Å². The van der Waals surface area contributed by atoms with Crippen LogP contribution in [0.25, 0.3) is 6.08 Å². The van der Waals surface area contributed by atoms with E-state index in [4.69, 9.17) is 4.99 Å². The summed E-state index contributed by atoms with van der Waals surface area (Å²) in [7, 11) is 4.25. The third-order valence-corrected chi connectivity index (χ3v) is 6.24. The van der Waals surface area contributed by atoms with Crippen molar-refractivity contribution in [1.82, 2.24) is 0 Å². The number of hydrogen-bond acceptors (Lipinski definition) is 2. The maximum Gasteiger partial charge on any atom is 0.0609 e. The molecule has 2 nitrogen and oxygen atoms in total. The second-order valence-electron chi connectivity index (χ2n) is 8.71. The predicted molar refractivity (Wildman–Crippen MR) is 109 cm³/mol. The van der Waals surface area contributed by atoms with Gasteiger partial charge >= 0.3 is 0 Å². The molecule has 1 aromatic carbocycles. The second-order valence-corrected chi connectivity index (χ2v) is 8.71. The van der Waals surface area contributed by atoms with E-state index in [2.05, 4.69) is 86.5 Å². The highest BCUT2D eigenvalue weighted by Crippen LogP contribution is 2.43. The monoisotopic (exact) mass is 326 g/mol. The lowest BCUT2D eigenvalue weighted by atomic mass is 9.74.